The quantitative estimate of drug-likeness (QED) is 0.374. The van der Waals surface area contributed by atoms with Crippen molar-refractivity contribution in [3.05, 3.63) is 47.3 Å². The van der Waals surface area contributed by atoms with E-state index in [0.717, 1.165) is 5.39 Å². The van der Waals surface area contributed by atoms with Crippen molar-refractivity contribution in [2.45, 2.75) is 55.2 Å². The van der Waals surface area contributed by atoms with Crippen LogP contribution in [0, 0.1) is 0 Å². The van der Waals surface area contributed by atoms with Crippen molar-refractivity contribution in [1.82, 2.24) is 24.4 Å². The molecule has 11 heteroatoms. The third-order valence-electron chi connectivity index (χ3n) is 6.05. The molecule has 184 valence electrons. The van der Waals surface area contributed by atoms with Crippen LogP contribution in [0.4, 0.5) is 4.79 Å². The molecule has 1 N–H and O–H groups in total. The van der Waals surface area contributed by atoms with Crippen molar-refractivity contribution in [3.63, 3.8) is 0 Å². The molecule has 0 spiro atoms. The van der Waals surface area contributed by atoms with Gasteiger partial charge in [0.1, 0.15) is 16.8 Å². The van der Waals surface area contributed by atoms with Crippen molar-refractivity contribution < 1.29 is 17.9 Å². The fraction of sp³-hybridized carbons (Fsp3) is 0.375. The summed E-state index contributed by atoms with van der Waals surface area (Å²) in [5, 5.41) is 0.707. The van der Waals surface area contributed by atoms with Gasteiger partial charge in [-0.05, 0) is 67.7 Å². The predicted octanol–water partition coefficient (Wildman–Crippen LogP) is 5.08. The van der Waals surface area contributed by atoms with Crippen molar-refractivity contribution in [1.29, 1.82) is 0 Å². The summed E-state index contributed by atoms with van der Waals surface area (Å²) in [7, 11) is -3.90. The Bertz CT molecular complexity index is 1510. The molecule has 1 fully saturated rings. The second-order valence-corrected chi connectivity index (χ2v) is 12.2. The van der Waals surface area contributed by atoms with Gasteiger partial charge < -0.3 is 19.2 Å². The normalized spacial score (nSPS) is 15.7. The van der Waals surface area contributed by atoms with Crippen LogP contribution in [0.2, 0.25) is 0 Å². The predicted molar refractivity (Wildman–Crippen MR) is 135 cm³/mol. The number of ether oxygens (including phenoxy) is 1. The lowest BCUT2D eigenvalue weighted by Crippen LogP contribution is -2.42. The van der Waals surface area contributed by atoms with Crippen molar-refractivity contribution >= 4 is 53.9 Å². The van der Waals surface area contributed by atoms with E-state index in [4.69, 9.17) is 4.74 Å². The van der Waals surface area contributed by atoms with Crippen LogP contribution in [0.5, 0.6) is 0 Å². The highest BCUT2D eigenvalue weighted by Gasteiger charge is 2.32. The van der Waals surface area contributed by atoms with Crippen molar-refractivity contribution in [3.8, 4) is 0 Å². The molecule has 0 bridgehead atoms. The van der Waals surface area contributed by atoms with Gasteiger partial charge >= 0.3 is 6.09 Å². The number of carbonyl (C=O) groups excluding carboxylic acids is 1. The zero-order chi connectivity index (χ0) is 25.0. The standard InChI is InChI=1S/C24H26BrN5O4S/c1-24(2,3)34-23(31)29-13-10-15(11-14-29)30-19-17-9-12-26-20(17)28-21(18(19)27-22(30)25)35(32,33)16-7-5-4-6-8-16/h4-9,12,15H,10-11,13-14H2,1-3H3,(H,26,28). The molecule has 4 aromatic rings. The number of imidazole rings is 1. The maximum absolute atomic E-state index is 13.5. The number of H-pyrrole nitrogens is 1. The number of hydrogen-bond donors (Lipinski definition) is 1. The van der Waals surface area contributed by atoms with Gasteiger partial charge in [-0.25, -0.2) is 23.2 Å². The second-order valence-electron chi connectivity index (χ2n) is 9.62. The van der Waals surface area contributed by atoms with E-state index in [1.165, 1.54) is 0 Å². The second kappa shape index (κ2) is 8.63. The van der Waals surface area contributed by atoms with Gasteiger partial charge in [-0.3, -0.25) is 0 Å². The molecule has 1 aromatic carbocycles. The molecule has 0 atom stereocenters. The zero-order valence-electron chi connectivity index (χ0n) is 19.7. The van der Waals surface area contributed by atoms with Gasteiger partial charge in [0.25, 0.3) is 0 Å². The highest BCUT2D eigenvalue weighted by atomic mass is 79.9. The lowest BCUT2D eigenvalue weighted by Gasteiger charge is -2.34. The number of fused-ring (bicyclic) bond motifs is 3. The minimum Gasteiger partial charge on any atom is -0.444 e. The fourth-order valence-electron chi connectivity index (χ4n) is 4.48. The molecular weight excluding hydrogens is 534 g/mol. The van der Waals surface area contributed by atoms with Gasteiger partial charge in [0, 0.05) is 30.7 Å². The maximum atomic E-state index is 13.5. The van der Waals surface area contributed by atoms with Crippen molar-refractivity contribution in [2.75, 3.05) is 13.1 Å². The molecular formula is C24H26BrN5O4S. The monoisotopic (exact) mass is 559 g/mol. The fourth-order valence-corrected chi connectivity index (χ4v) is 6.47. The Morgan fingerprint density at radius 3 is 2.46 bits per heavy atom. The Hall–Kier alpha value is -2.92. The first-order chi connectivity index (χ1) is 16.6. The summed E-state index contributed by atoms with van der Waals surface area (Å²) in [6.07, 6.45) is 2.78. The summed E-state index contributed by atoms with van der Waals surface area (Å²) in [5.74, 6) is 0. The number of nitrogens with zero attached hydrogens (tertiary/aromatic N) is 4. The van der Waals surface area contributed by atoms with E-state index < -0.39 is 15.4 Å². The first-order valence-corrected chi connectivity index (χ1v) is 13.7. The Balaban J connectivity index is 1.57. The van der Waals surface area contributed by atoms with Gasteiger partial charge in [0.15, 0.2) is 9.76 Å². The highest BCUT2D eigenvalue weighted by Crippen LogP contribution is 2.37. The number of pyridine rings is 1. The van der Waals surface area contributed by atoms with Gasteiger partial charge in [0.05, 0.1) is 10.4 Å². The molecule has 1 aliphatic heterocycles. The minimum absolute atomic E-state index is 0.0147. The van der Waals surface area contributed by atoms with E-state index in [-0.39, 0.29) is 22.1 Å². The number of aromatic amines is 1. The summed E-state index contributed by atoms with van der Waals surface area (Å²) in [4.78, 5) is 26.6. The number of rotatable bonds is 3. The maximum Gasteiger partial charge on any atom is 0.410 e. The molecule has 4 heterocycles. The van der Waals surface area contributed by atoms with Gasteiger partial charge in [0.2, 0.25) is 9.84 Å². The Morgan fingerprint density at radius 1 is 1.11 bits per heavy atom. The molecule has 1 saturated heterocycles. The minimum atomic E-state index is -3.90. The average Bonchev–Trinajstić information content (AvgIpc) is 3.41. The van der Waals surface area contributed by atoms with Crippen LogP contribution >= 0.6 is 15.9 Å². The summed E-state index contributed by atoms with van der Waals surface area (Å²) >= 11 is 3.57. The lowest BCUT2D eigenvalue weighted by molar-refractivity contribution is 0.0189. The van der Waals surface area contributed by atoms with Crippen LogP contribution < -0.4 is 0 Å². The van der Waals surface area contributed by atoms with Crippen LogP contribution in [0.1, 0.15) is 39.7 Å². The third kappa shape index (κ3) is 4.31. The smallest absolute Gasteiger partial charge is 0.410 e. The van der Waals surface area contributed by atoms with Crippen LogP contribution in [-0.2, 0) is 14.6 Å². The number of likely N-dealkylation sites (tertiary alicyclic amines) is 1. The number of piperidine rings is 1. The molecule has 35 heavy (non-hydrogen) atoms. The Kier molecular flexibility index (Phi) is 5.87. The van der Waals surface area contributed by atoms with E-state index in [9.17, 15) is 13.2 Å². The van der Waals surface area contributed by atoms with E-state index in [2.05, 4.69) is 30.9 Å². The average molecular weight is 560 g/mol. The first-order valence-electron chi connectivity index (χ1n) is 11.4. The third-order valence-corrected chi connectivity index (χ3v) is 8.30. The molecule has 1 amide bonds. The number of amides is 1. The number of aromatic nitrogens is 4. The SMILES string of the molecule is CC(C)(C)OC(=O)N1CCC(n2c(Br)nc3c(S(=O)(=O)c4ccccc4)nc4[nH]ccc4c32)CC1. The molecule has 0 saturated carbocycles. The number of nitrogens with one attached hydrogen (secondary N) is 1. The van der Waals surface area contributed by atoms with E-state index in [0.29, 0.717) is 47.3 Å². The summed E-state index contributed by atoms with van der Waals surface area (Å²) in [5.41, 5.74) is 0.952. The summed E-state index contributed by atoms with van der Waals surface area (Å²) in [6.45, 7) is 6.61. The first kappa shape index (κ1) is 23.8. The van der Waals surface area contributed by atoms with Crippen LogP contribution in [0.25, 0.3) is 22.1 Å². The van der Waals surface area contributed by atoms with Crippen LogP contribution in [0.3, 0.4) is 0 Å². The number of sulfone groups is 1. The van der Waals surface area contributed by atoms with E-state index in [1.54, 1.807) is 41.4 Å². The Morgan fingerprint density at radius 2 is 1.80 bits per heavy atom. The molecule has 9 nitrogen and oxygen atoms in total. The molecule has 1 aliphatic rings. The van der Waals surface area contributed by atoms with Gasteiger partial charge in [-0.1, -0.05) is 18.2 Å². The zero-order valence-corrected chi connectivity index (χ0v) is 22.1. The summed E-state index contributed by atoms with van der Waals surface area (Å²) < 4.78 is 35.2. The Labute approximate surface area is 211 Å². The number of halogens is 1. The molecule has 5 rings (SSSR count). The topological polar surface area (TPSA) is 110 Å². The number of carbonyl (C=O) groups is 1. The van der Waals surface area contributed by atoms with Crippen molar-refractivity contribution in [2.24, 2.45) is 0 Å². The summed E-state index contributed by atoms with van der Waals surface area (Å²) in [6, 6.07) is 10.1. The molecule has 0 aliphatic carbocycles. The molecule has 0 unspecified atom stereocenters. The molecule has 0 radical (unpaired) electrons. The molecule has 3 aromatic heterocycles. The largest absolute Gasteiger partial charge is 0.444 e. The van der Waals surface area contributed by atoms with Gasteiger partial charge in [-0.2, -0.15) is 0 Å². The lowest BCUT2D eigenvalue weighted by atomic mass is 10.0. The van der Waals surface area contributed by atoms with Gasteiger partial charge in [-0.15, -0.1) is 0 Å². The number of hydrogen-bond acceptors (Lipinski definition) is 6. The number of benzene rings is 1. The van der Waals surface area contributed by atoms with E-state index >= 15 is 0 Å². The highest BCUT2D eigenvalue weighted by molar-refractivity contribution is 9.10. The van der Waals surface area contributed by atoms with Crippen LogP contribution in [-0.4, -0.2) is 57.6 Å². The van der Waals surface area contributed by atoms with Crippen LogP contribution in [0.15, 0.2) is 57.3 Å². The van der Waals surface area contributed by atoms with E-state index in [1.807, 2.05) is 31.4 Å².